The number of nitrogens with one attached hydrogen (secondary N) is 1. The minimum atomic E-state index is -3.50. The van der Waals surface area contributed by atoms with Gasteiger partial charge in [0.2, 0.25) is 0 Å². The summed E-state index contributed by atoms with van der Waals surface area (Å²) in [6, 6.07) is 10.1. The Morgan fingerprint density at radius 3 is 2.69 bits per heavy atom. The molecule has 11 heteroatoms. The molecule has 4 rings (SSSR count). The van der Waals surface area contributed by atoms with Crippen molar-refractivity contribution >= 4 is 27.2 Å². The summed E-state index contributed by atoms with van der Waals surface area (Å²) >= 11 is 0. The number of carbonyl (C=O) groups excluding carboxylic acids is 1. The highest BCUT2D eigenvalue weighted by atomic mass is 32.2. The van der Waals surface area contributed by atoms with Gasteiger partial charge in [-0.15, -0.1) is 0 Å². The summed E-state index contributed by atoms with van der Waals surface area (Å²) in [5.41, 5.74) is 7.35. The molecule has 0 radical (unpaired) electrons. The number of anilines is 2. The first-order valence-corrected chi connectivity index (χ1v) is 13.1. The fourth-order valence-electron chi connectivity index (χ4n) is 3.96. The Bertz CT molecular complexity index is 1350. The second kappa shape index (κ2) is 10.8. The number of aromatic nitrogens is 3. The Morgan fingerprint density at radius 1 is 1.25 bits per heavy atom. The van der Waals surface area contributed by atoms with Crippen molar-refractivity contribution in [2.24, 2.45) is 0 Å². The average Bonchev–Trinajstić information content (AvgIpc) is 3.31. The summed E-state index contributed by atoms with van der Waals surface area (Å²) in [4.78, 5) is 29.6. The summed E-state index contributed by atoms with van der Waals surface area (Å²) < 4.78 is 25.6. The SMILES string of the molecule is CN1CCC(N(C)C=CCS(=O)(=O)c2ccc(-c3cnc(N)c(C(=O)Nc4cccnc4)n3)cc2)C1. The zero-order valence-corrected chi connectivity index (χ0v) is 21.0. The summed E-state index contributed by atoms with van der Waals surface area (Å²) in [6.07, 6.45) is 9.13. The van der Waals surface area contributed by atoms with Gasteiger partial charge in [0.05, 0.1) is 34.4 Å². The maximum atomic E-state index is 12.8. The third kappa shape index (κ3) is 6.04. The summed E-state index contributed by atoms with van der Waals surface area (Å²) in [6.45, 7) is 2.01. The molecule has 1 aliphatic rings. The molecule has 2 aromatic heterocycles. The van der Waals surface area contributed by atoms with E-state index in [1.807, 2.05) is 13.2 Å². The van der Waals surface area contributed by atoms with Crippen molar-refractivity contribution < 1.29 is 13.2 Å². The van der Waals surface area contributed by atoms with Gasteiger partial charge in [-0.2, -0.15) is 0 Å². The van der Waals surface area contributed by atoms with Crippen LogP contribution in [0, 0.1) is 0 Å². The third-order valence-corrected chi connectivity index (χ3v) is 7.66. The number of sulfone groups is 1. The Kier molecular flexibility index (Phi) is 7.61. The summed E-state index contributed by atoms with van der Waals surface area (Å²) in [5.74, 6) is -0.630. The molecule has 1 aromatic carbocycles. The largest absolute Gasteiger partial charge is 0.382 e. The van der Waals surface area contributed by atoms with E-state index >= 15 is 0 Å². The Balaban J connectivity index is 1.44. The second-order valence-electron chi connectivity index (χ2n) is 8.75. The highest BCUT2D eigenvalue weighted by Gasteiger charge is 2.22. The zero-order valence-electron chi connectivity index (χ0n) is 20.2. The van der Waals surface area contributed by atoms with Gasteiger partial charge in [-0.1, -0.05) is 18.2 Å². The van der Waals surface area contributed by atoms with Crippen LogP contribution in [-0.4, -0.2) is 78.1 Å². The fraction of sp³-hybridized carbons (Fsp3) is 0.280. The number of nitrogen functional groups attached to an aromatic ring is 1. The predicted molar refractivity (Wildman–Crippen MR) is 139 cm³/mol. The van der Waals surface area contributed by atoms with Crippen LogP contribution in [0.3, 0.4) is 0 Å². The number of nitrogens with zero attached hydrogens (tertiary/aromatic N) is 5. The van der Waals surface area contributed by atoms with E-state index in [0.29, 0.717) is 23.0 Å². The second-order valence-corrected chi connectivity index (χ2v) is 10.8. The van der Waals surface area contributed by atoms with Gasteiger partial charge in [-0.25, -0.2) is 18.4 Å². The van der Waals surface area contributed by atoms with Crippen molar-refractivity contribution in [1.82, 2.24) is 24.8 Å². The van der Waals surface area contributed by atoms with Crippen molar-refractivity contribution in [3.05, 3.63) is 73.0 Å². The molecule has 36 heavy (non-hydrogen) atoms. The first-order chi connectivity index (χ1) is 17.2. The van der Waals surface area contributed by atoms with Crippen LogP contribution >= 0.6 is 0 Å². The number of pyridine rings is 1. The van der Waals surface area contributed by atoms with Crippen molar-refractivity contribution in [1.29, 1.82) is 0 Å². The minimum Gasteiger partial charge on any atom is -0.382 e. The van der Waals surface area contributed by atoms with Crippen LogP contribution in [0.1, 0.15) is 16.9 Å². The average molecular weight is 508 g/mol. The molecular formula is C25H29N7O3S. The standard InChI is InChI=1S/C25H29N7O3S/c1-31-13-10-20(17-31)32(2)12-4-14-36(34,35)21-8-6-18(7-9-21)22-16-28-24(26)23(30-22)25(33)29-19-5-3-11-27-15-19/h3-9,11-12,15-16,20H,10,13-14,17H2,1-2H3,(H2,26,28)(H,29,33). The lowest BCUT2D eigenvalue weighted by Crippen LogP contribution is -2.29. The van der Waals surface area contributed by atoms with Crippen LogP contribution in [-0.2, 0) is 9.84 Å². The Hall–Kier alpha value is -3.83. The maximum Gasteiger partial charge on any atom is 0.278 e. The van der Waals surface area contributed by atoms with Gasteiger partial charge in [-0.3, -0.25) is 9.78 Å². The fourth-order valence-corrected chi connectivity index (χ4v) is 5.05. The van der Waals surface area contributed by atoms with Crippen molar-refractivity contribution in [3.8, 4) is 11.3 Å². The quantitative estimate of drug-likeness (QED) is 0.471. The van der Waals surface area contributed by atoms with E-state index < -0.39 is 15.7 Å². The number of carbonyl (C=O) groups is 1. The molecule has 1 aliphatic heterocycles. The first-order valence-electron chi connectivity index (χ1n) is 11.5. The van der Waals surface area contributed by atoms with E-state index in [-0.39, 0.29) is 22.2 Å². The highest BCUT2D eigenvalue weighted by molar-refractivity contribution is 7.91. The van der Waals surface area contributed by atoms with Crippen LogP contribution in [0.4, 0.5) is 11.5 Å². The van der Waals surface area contributed by atoms with E-state index in [1.54, 1.807) is 36.5 Å². The Morgan fingerprint density at radius 2 is 2.03 bits per heavy atom. The highest BCUT2D eigenvalue weighted by Crippen LogP contribution is 2.22. The van der Waals surface area contributed by atoms with Crippen LogP contribution in [0.2, 0.25) is 0 Å². The lowest BCUT2D eigenvalue weighted by molar-refractivity contribution is 0.102. The number of likely N-dealkylation sites (tertiary alicyclic amines) is 1. The molecule has 0 saturated carbocycles. The van der Waals surface area contributed by atoms with Crippen LogP contribution in [0.15, 0.2) is 72.2 Å². The van der Waals surface area contributed by atoms with E-state index in [9.17, 15) is 13.2 Å². The number of rotatable bonds is 8. The van der Waals surface area contributed by atoms with Crippen molar-refractivity contribution in [2.75, 3.05) is 44.0 Å². The minimum absolute atomic E-state index is 0.0136. The number of hydrogen-bond donors (Lipinski definition) is 2. The molecule has 1 atom stereocenters. The number of benzene rings is 1. The first kappa shape index (κ1) is 25.3. The van der Waals surface area contributed by atoms with Gasteiger partial charge < -0.3 is 20.9 Å². The molecule has 0 spiro atoms. The molecule has 3 heterocycles. The molecule has 188 valence electrons. The normalized spacial score (nSPS) is 16.3. The molecule has 10 nitrogen and oxygen atoms in total. The lowest BCUT2D eigenvalue weighted by atomic mass is 10.1. The number of amides is 1. The lowest BCUT2D eigenvalue weighted by Gasteiger charge is -2.22. The summed E-state index contributed by atoms with van der Waals surface area (Å²) in [7, 11) is 0.554. The monoisotopic (exact) mass is 507 g/mol. The van der Waals surface area contributed by atoms with Gasteiger partial charge in [0, 0.05) is 31.4 Å². The molecule has 3 N–H and O–H groups in total. The summed E-state index contributed by atoms with van der Waals surface area (Å²) in [5, 5.41) is 2.68. The molecular weight excluding hydrogens is 478 g/mol. The van der Waals surface area contributed by atoms with Crippen LogP contribution in [0.25, 0.3) is 11.3 Å². The van der Waals surface area contributed by atoms with Gasteiger partial charge >= 0.3 is 0 Å². The van der Waals surface area contributed by atoms with Crippen molar-refractivity contribution in [3.63, 3.8) is 0 Å². The van der Waals surface area contributed by atoms with Gasteiger partial charge in [0.1, 0.15) is 0 Å². The number of hydrogen-bond acceptors (Lipinski definition) is 9. The molecule has 1 unspecified atom stereocenters. The predicted octanol–water partition coefficient (Wildman–Crippen LogP) is 2.30. The van der Waals surface area contributed by atoms with Crippen LogP contribution in [0.5, 0.6) is 0 Å². The van der Waals surface area contributed by atoms with Gasteiger partial charge in [0.15, 0.2) is 21.3 Å². The zero-order chi connectivity index (χ0) is 25.7. The molecule has 1 fully saturated rings. The van der Waals surface area contributed by atoms with Gasteiger partial charge in [0.25, 0.3) is 5.91 Å². The topological polar surface area (TPSA) is 134 Å². The van der Waals surface area contributed by atoms with Crippen LogP contribution < -0.4 is 11.1 Å². The Labute approximate surface area is 210 Å². The molecule has 3 aromatic rings. The van der Waals surface area contributed by atoms with Crippen molar-refractivity contribution in [2.45, 2.75) is 17.4 Å². The van der Waals surface area contributed by atoms with E-state index in [0.717, 1.165) is 19.5 Å². The molecule has 1 saturated heterocycles. The molecule has 0 aliphatic carbocycles. The third-order valence-electron chi connectivity index (χ3n) is 6.04. The van der Waals surface area contributed by atoms with E-state index in [4.69, 9.17) is 5.73 Å². The molecule has 1 amide bonds. The number of nitrogens with two attached hydrogens (primary N) is 1. The van der Waals surface area contributed by atoms with Gasteiger partial charge in [-0.05, 0) is 50.5 Å². The number of likely N-dealkylation sites (N-methyl/N-ethyl adjacent to an activating group) is 2. The molecule has 0 bridgehead atoms. The maximum absolute atomic E-state index is 12.8. The van der Waals surface area contributed by atoms with E-state index in [1.165, 1.54) is 24.5 Å². The van der Waals surface area contributed by atoms with E-state index in [2.05, 4.69) is 37.1 Å². The smallest absolute Gasteiger partial charge is 0.278 e.